The molecule has 154 valence electrons. The first-order valence-corrected chi connectivity index (χ1v) is 11.2. The van der Waals surface area contributed by atoms with Crippen LogP contribution in [-0.4, -0.2) is 16.0 Å². The number of carbonyl (C=O) groups is 1. The second-order valence-corrected chi connectivity index (χ2v) is 7.50. The number of phosphoric acid groups is 1. The maximum Gasteiger partial charge on any atom is 1.00 e. The van der Waals surface area contributed by atoms with Gasteiger partial charge in [-0.05, 0) is 6.42 Å². The van der Waals surface area contributed by atoms with Crippen LogP contribution in [0.1, 0.15) is 110 Å². The molecule has 0 aromatic carbocycles. The zero-order valence-corrected chi connectivity index (χ0v) is 23.4. The van der Waals surface area contributed by atoms with Crippen molar-refractivity contribution in [3.63, 3.8) is 0 Å². The van der Waals surface area contributed by atoms with Crippen LogP contribution in [0.5, 0.6) is 0 Å². The molecule has 0 bridgehead atoms. The summed E-state index contributed by atoms with van der Waals surface area (Å²) in [4.78, 5) is 34.6. The van der Waals surface area contributed by atoms with Gasteiger partial charge in [0.2, 0.25) is 0 Å². The standard InChI is InChI=1S/C18H36O2.Na.H3O4P.Zn/c1-2-3-4-5-6-7-8-9-10-11-12-13-14-15-16-17-18(19)20;;1-5(2,3)4;/h2-17H2,1H3,(H,19,20);;(H3,1,2,3,4);/q;+1;;/p-2. The molecule has 0 radical (unpaired) electrons. The smallest absolute Gasteiger partial charge is 0.790 e. The normalized spacial score (nSPS) is 10.2. The van der Waals surface area contributed by atoms with Crippen molar-refractivity contribution in [2.45, 2.75) is 110 Å². The van der Waals surface area contributed by atoms with Gasteiger partial charge in [-0.25, -0.2) is 0 Å². The molecule has 2 N–H and O–H groups in total. The van der Waals surface area contributed by atoms with Crippen LogP contribution in [0, 0.1) is 0 Å². The molecule has 0 saturated carbocycles. The van der Waals surface area contributed by atoms with Gasteiger partial charge < -0.3 is 24.4 Å². The Morgan fingerprint density at radius 3 is 1.19 bits per heavy atom. The summed E-state index contributed by atoms with van der Waals surface area (Å²) >= 11 is 0. The molecule has 0 saturated heterocycles. The first-order valence-electron chi connectivity index (χ1n) is 9.74. The summed E-state index contributed by atoms with van der Waals surface area (Å²) in [5.74, 6) is -0.653. The van der Waals surface area contributed by atoms with Crippen LogP contribution < -0.4 is 39.3 Å². The van der Waals surface area contributed by atoms with E-state index in [1.54, 1.807) is 0 Å². The predicted molar refractivity (Wildman–Crippen MR) is 97.0 cm³/mol. The average molecular weight is 469 g/mol. The molecule has 0 aliphatic carbocycles. The van der Waals surface area contributed by atoms with E-state index in [-0.39, 0.29) is 49.0 Å². The van der Waals surface area contributed by atoms with Crippen molar-refractivity contribution in [3.8, 4) is 0 Å². The Kier molecular flexibility index (Phi) is 35.9. The first kappa shape index (κ1) is 35.6. The number of hydrogen-bond donors (Lipinski definition) is 2. The van der Waals surface area contributed by atoms with E-state index in [1.807, 2.05) is 0 Å². The van der Waals surface area contributed by atoms with Crippen molar-refractivity contribution >= 4 is 13.8 Å². The van der Waals surface area contributed by atoms with Crippen LogP contribution in [0.15, 0.2) is 0 Å². The quantitative estimate of drug-likeness (QED) is 0.199. The Bertz CT molecular complexity index is 334. The third-order valence-electron chi connectivity index (χ3n) is 3.99. The van der Waals surface area contributed by atoms with Crippen molar-refractivity contribution < 1.29 is 78.2 Å². The summed E-state index contributed by atoms with van der Waals surface area (Å²) in [5, 5.41) is 8.52. The second kappa shape index (κ2) is 27.2. The van der Waals surface area contributed by atoms with Crippen molar-refractivity contribution in [3.05, 3.63) is 0 Å². The van der Waals surface area contributed by atoms with E-state index in [0.717, 1.165) is 12.8 Å². The molecule has 0 rings (SSSR count). The van der Waals surface area contributed by atoms with Gasteiger partial charge in [-0.3, -0.25) is 4.79 Å². The number of unbranched alkanes of at least 4 members (excludes halogenated alkanes) is 14. The van der Waals surface area contributed by atoms with Gasteiger partial charge in [-0.1, -0.05) is 96.8 Å². The molecular formula is C18H37NaO6PZn-. The minimum atomic E-state index is -5.14. The molecule has 0 atom stereocenters. The van der Waals surface area contributed by atoms with Crippen molar-refractivity contribution in [1.82, 2.24) is 0 Å². The monoisotopic (exact) mass is 467 g/mol. The molecule has 27 heavy (non-hydrogen) atoms. The fraction of sp³-hybridized carbons (Fsp3) is 0.944. The van der Waals surface area contributed by atoms with E-state index in [4.69, 9.17) is 24.4 Å². The molecule has 0 aromatic heterocycles. The Morgan fingerprint density at radius 1 is 0.741 bits per heavy atom. The van der Waals surface area contributed by atoms with E-state index < -0.39 is 13.8 Å². The van der Waals surface area contributed by atoms with Gasteiger partial charge in [-0.15, -0.1) is 0 Å². The summed E-state index contributed by atoms with van der Waals surface area (Å²) < 4.78 is 8.66. The van der Waals surface area contributed by atoms with Gasteiger partial charge in [0.15, 0.2) is 0 Å². The van der Waals surface area contributed by atoms with Crippen LogP contribution in [0.25, 0.3) is 0 Å². The number of carboxylic acids is 1. The second-order valence-electron chi connectivity index (χ2n) is 6.56. The zero-order valence-electron chi connectivity index (χ0n) is 17.5. The zero-order chi connectivity index (χ0) is 19.4. The number of hydrogen-bond acceptors (Lipinski definition) is 4. The molecule has 0 amide bonds. The molecule has 0 fully saturated rings. The van der Waals surface area contributed by atoms with Gasteiger partial charge in [0.1, 0.15) is 0 Å². The van der Waals surface area contributed by atoms with Crippen LogP contribution in [-0.2, 0) is 28.8 Å². The van der Waals surface area contributed by atoms with Gasteiger partial charge in [-0.2, -0.15) is 0 Å². The number of rotatable bonds is 16. The van der Waals surface area contributed by atoms with Crippen molar-refractivity contribution in [1.29, 1.82) is 0 Å². The first-order chi connectivity index (χ1) is 11.8. The maximum absolute atomic E-state index is 10.3. The Hall–Kier alpha value is 1.20. The van der Waals surface area contributed by atoms with Gasteiger partial charge in [0.25, 0.3) is 0 Å². The van der Waals surface area contributed by atoms with Gasteiger partial charge >= 0.3 is 35.5 Å². The molecule has 0 aliphatic heterocycles. The van der Waals surface area contributed by atoms with Gasteiger partial charge in [0.05, 0.1) is 7.82 Å². The molecule has 6 nitrogen and oxygen atoms in total. The number of carboxylic acid groups (broad SMARTS) is 1. The molecule has 9 heteroatoms. The Labute approximate surface area is 200 Å². The summed E-state index contributed by atoms with van der Waals surface area (Å²) in [6, 6.07) is 0. The fourth-order valence-electron chi connectivity index (χ4n) is 2.65. The van der Waals surface area contributed by atoms with Crippen LogP contribution in [0.4, 0.5) is 0 Å². The molecule has 0 aliphatic rings. The van der Waals surface area contributed by atoms with Crippen molar-refractivity contribution in [2.24, 2.45) is 0 Å². The maximum atomic E-state index is 10.3. The molecule has 0 heterocycles. The summed E-state index contributed by atoms with van der Waals surface area (Å²) in [6.07, 6.45) is 20.2. The van der Waals surface area contributed by atoms with Gasteiger partial charge in [0, 0.05) is 25.9 Å². The minimum absolute atomic E-state index is 0. The Balaban J connectivity index is -0.000000333. The van der Waals surface area contributed by atoms with E-state index in [1.165, 1.54) is 83.5 Å². The third kappa shape index (κ3) is 52.1. The summed E-state index contributed by atoms with van der Waals surface area (Å²) in [7, 11) is -5.14. The fourth-order valence-corrected chi connectivity index (χ4v) is 2.65. The van der Waals surface area contributed by atoms with Crippen LogP contribution in [0.3, 0.4) is 0 Å². The topological polar surface area (TPSA) is 121 Å². The predicted octanol–water partition coefficient (Wildman–Crippen LogP) is 1.14. The van der Waals surface area contributed by atoms with E-state index in [0.29, 0.717) is 6.42 Å². The van der Waals surface area contributed by atoms with E-state index >= 15 is 0 Å². The third-order valence-corrected chi connectivity index (χ3v) is 3.99. The van der Waals surface area contributed by atoms with Crippen LogP contribution in [0.2, 0.25) is 0 Å². The van der Waals surface area contributed by atoms with Crippen molar-refractivity contribution in [2.75, 3.05) is 0 Å². The molecule has 0 aromatic rings. The Morgan fingerprint density at radius 2 is 0.963 bits per heavy atom. The van der Waals surface area contributed by atoms with E-state index in [2.05, 4.69) is 6.92 Å². The number of aliphatic carboxylic acids is 1. The van der Waals surface area contributed by atoms with E-state index in [9.17, 15) is 4.79 Å². The largest absolute Gasteiger partial charge is 1.00 e. The summed E-state index contributed by atoms with van der Waals surface area (Å²) in [6.45, 7) is 2.27. The molecule has 0 spiro atoms. The molecular weight excluding hydrogens is 432 g/mol. The molecule has 0 unspecified atom stereocenters. The van der Waals surface area contributed by atoms with Crippen LogP contribution >= 0.6 is 7.82 Å². The minimum Gasteiger partial charge on any atom is -0.790 e. The average Bonchev–Trinajstić information content (AvgIpc) is 2.49. The SMILES string of the molecule is CCCCCCCCCCCCCCCCCC(=O)O.O=P([O-])([O-])O.[Na+].[Zn]. The summed E-state index contributed by atoms with van der Waals surface area (Å²) in [5.41, 5.74) is 0.